The number of carbonyl (C=O) groups is 4. The first-order valence-electron chi connectivity index (χ1n) is 20.3. The number of amides is 4. The number of rotatable bonds is 9. The van der Waals surface area contributed by atoms with Crippen molar-refractivity contribution in [3.8, 4) is 11.6 Å². The number of allylic oxidation sites excluding steroid dienone is 1. The third-order valence-corrected chi connectivity index (χ3v) is 14.2. The largest absolute Gasteiger partial charge is 0.494 e. The summed E-state index contributed by atoms with van der Waals surface area (Å²) in [6.45, 7) is 7.43. The van der Waals surface area contributed by atoms with Gasteiger partial charge in [0.05, 0.1) is 28.9 Å². The lowest BCUT2D eigenvalue weighted by atomic mass is 9.88. The Morgan fingerprint density at radius 1 is 1.03 bits per heavy atom. The van der Waals surface area contributed by atoms with Gasteiger partial charge in [0.2, 0.25) is 39.0 Å². The van der Waals surface area contributed by atoms with Crippen molar-refractivity contribution in [2.45, 2.75) is 133 Å². The van der Waals surface area contributed by atoms with Crippen molar-refractivity contribution in [1.29, 1.82) is 0 Å². The highest BCUT2D eigenvalue weighted by atomic mass is 32.2. The second-order valence-electron chi connectivity index (χ2n) is 17.4. The topological polar surface area (TPSA) is 195 Å². The maximum Gasteiger partial charge on any atom is 0.438 e. The zero-order valence-corrected chi connectivity index (χ0v) is 35.7. The number of aromatic nitrogens is 2. The monoisotopic (exact) mass is 904 g/mol. The van der Waals surface area contributed by atoms with Gasteiger partial charge in [0, 0.05) is 18.4 Å². The summed E-state index contributed by atoms with van der Waals surface area (Å²) in [5.74, 6) is -5.40. The van der Waals surface area contributed by atoms with Crippen LogP contribution in [-0.4, -0.2) is 101 Å². The first kappa shape index (κ1) is 46.6. The van der Waals surface area contributed by atoms with Crippen molar-refractivity contribution in [2.75, 3.05) is 13.2 Å². The molecule has 7 atom stereocenters. The molecular weight excluding hydrogens is 855 g/mol. The number of alkyl halides is 6. The Hall–Kier alpha value is -4.89. The fourth-order valence-electron chi connectivity index (χ4n) is 7.74. The van der Waals surface area contributed by atoms with E-state index in [-0.39, 0.29) is 42.1 Å². The molecule has 62 heavy (non-hydrogen) atoms. The van der Waals surface area contributed by atoms with Gasteiger partial charge in [-0.3, -0.25) is 19.1 Å². The molecule has 2 aliphatic heterocycles. The van der Waals surface area contributed by atoms with Gasteiger partial charge < -0.3 is 29.7 Å². The number of hydrogen-bond acceptors (Lipinski definition) is 11. The Bertz CT molecular complexity index is 2230. The molecule has 15 nitrogen and oxygen atoms in total. The molecule has 0 radical (unpaired) electrons. The average molecular weight is 905 g/mol. The number of hydrogen-bond donors (Lipinski definition) is 3. The van der Waals surface area contributed by atoms with E-state index in [4.69, 9.17) is 14.2 Å². The van der Waals surface area contributed by atoms with E-state index >= 15 is 0 Å². The summed E-state index contributed by atoms with van der Waals surface area (Å²) in [6, 6.07) is 0.770. The van der Waals surface area contributed by atoms with Gasteiger partial charge in [-0.15, -0.1) is 0 Å². The number of nitrogens with one attached hydrogen (secondary N) is 3. The molecule has 3 heterocycles. The highest BCUT2D eigenvalue weighted by Crippen LogP contribution is 2.48. The Morgan fingerprint density at radius 2 is 1.73 bits per heavy atom. The van der Waals surface area contributed by atoms with E-state index in [0.717, 1.165) is 4.90 Å². The second-order valence-corrected chi connectivity index (χ2v) is 19.6. The van der Waals surface area contributed by atoms with E-state index in [1.165, 1.54) is 25.1 Å². The molecule has 1 saturated heterocycles. The predicted octanol–water partition coefficient (Wildman–Crippen LogP) is 5.72. The molecule has 6 rings (SSSR count). The highest BCUT2D eigenvalue weighted by molar-refractivity contribution is 7.91. The molecule has 3 N–H and O–H groups in total. The van der Waals surface area contributed by atoms with Crippen LogP contribution in [0.3, 0.4) is 0 Å². The molecule has 4 amide bonds. The van der Waals surface area contributed by atoms with Crippen LogP contribution in [0.25, 0.3) is 11.0 Å². The van der Waals surface area contributed by atoms with Gasteiger partial charge in [0.1, 0.15) is 29.5 Å². The van der Waals surface area contributed by atoms with E-state index in [1.54, 1.807) is 26.0 Å². The zero-order chi connectivity index (χ0) is 45.8. The highest BCUT2D eigenvalue weighted by Gasteiger charge is 2.63. The van der Waals surface area contributed by atoms with E-state index in [9.17, 15) is 53.9 Å². The quantitative estimate of drug-likeness (QED) is 0.206. The van der Waals surface area contributed by atoms with Crippen LogP contribution >= 0.6 is 0 Å². The summed E-state index contributed by atoms with van der Waals surface area (Å²) in [5.41, 5.74) is -6.49. The number of halogens is 6. The molecule has 22 heteroatoms. The number of fused-ring (bicyclic) bond motifs is 3. The van der Waals surface area contributed by atoms with Crippen molar-refractivity contribution in [2.24, 2.45) is 17.8 Å². The Balaban J connectivity index is 1.39. The fraction of sp³-hybridized carbons (Fsp3) is 0.650. The van der Waals surface area contributed by atoms with Gasteiger partial charge in [-0.05, 0) is 90.2 Å². The third kappa shape index (κ3) is 9.68. The lowest BCUT2D eigenvalue weighted by molar-refractivity contribution is -0.244. The van der Waals surface area contributed by atoms with Crippen molar-refractivity contribution >= 4 is 44.9 Å². The summed E-state index contributed by atoms with van der Waals surface area (Å²) in [5, 5.41) is 4.89. The first-order valence-corrected chi connectivity index (χ1v) is 21.8. The standard InChI is InChI=1S/C40H50F6N6O9S/c1-7-59-24-12-13-26-27(17-24)48-32(30(47-26)39(41,42)43)60-25-18-28-31(53)50-38(34(55)51-62(57,58)37(6)14-15-37)19-23(38)11-9-8-10-21(2)16-22(3)29(33(54)52(28)20-25)49-35(56)61-36(4,5)40(44,45)46/h9,11-13,17,21-23,25,28-29H,7-8,10,14-16,18-20H2,1-6H3,(H,49,56)(H,50,53)(H,51,55)/b11-9-/t21-,22+,23+,25+,28-,29-,38+/m0/s1. The van der Waals surface area contributed by atoms with E-state index in [1.807, 2.05) is 6.92 Å². The van der Waals surface area contributed by atoms with Crippen molar-refractivity contribution in [3.05, 3.63) is 36.0 Å². The van der Waals surface area contributed by atoms with Crippen LogP contribution in [0.4, 0.5) is 31.1 Å². The van der Waals surface area contributed by atoms with Crippen LogP contribution in [0.5, 0.6) is 11.6 Å². The normalized spacial score (nSPS) is 28.6. The van der Waals surface area contributed by atoms with Gasteiger partial charge in [0.15, 0.2) is 0 Å². The zero-order valence-electron chi connectivity index (χ0n) is 34.9. The van der Waals surface area contributed by atoms with Crippen LogP contribution in [-0.2, 0) is 35.3 Å². The van der Waals surface area contributed by atoms with Gasteiger partial charge in [-0.2, -0.15) is 26.3 Å². The Labute approximate surface area is 354 Å². The molecule has 4 aliphatic rings. The number of sulfonamides is 1. The van der Waals surface area contributed by atoms with Gasteiger partial charge in [-0.25, -0.2) is 23.2 Å². The number of alkyl carbamates (subject to hydrolysis) is 1. The predicted molar refractivity (Wildman–Crippen MR) is 209 cm³/mol. The van der Waals surface area contributed by atoms with Crippen LogP contribution in [0.1, 0.15) is 92.2 Å². The minimum atomic E-state index is -5.09. The lowest BCUT2D eigenvalue weighted by Gasteiger charge is -2.34. The lowest BCUT2D eigenvalue weighted by Crippen LogP contribution is -2.59. The molecule has 0 unspecified atom stereocenters. The molecule has 2 saturated carbocycles. The summed E-state index contributed by atoms with van der Waals surface area (Å²) < 4.78 is 128. The van der Waals surface area contributed by atoms with Crippen molar-refractivity contribution in [1.82, 2.24) is 30.2 Å². The number of ether oxygens (including phenoxy) is 3. The van der Waals surface area contributed by atoms with E-state index in [0.29, 0.717) is 39.5 Å². The maximum absolute atomic E-state index is 14.7. The SMILES string of the molecule is CCOc1ccc2nc(C(F)(F)F)c(O[C@@H]3C[C@H]4C(=O)N[C@]5(C(=O)NS(=O)(=O)C6(C)CC6)C[C@H]5/C=C\CC[C@H](C)C[C@@H](C)[C@H](NC(=O)OC(C)(C)C(F)(F)F)C(=O)N4C3)nc2c1. The minimum Gasteiger partial charge on any atom is -0.494 e. The average Bonchev–Trinajstić information content (AvgIpc) is 4.04. The molecule has 342 valence electrons. The summed E-state index contributed by atoms with van der Waals surface area (Å²) in [7, 11) is -4.19. The molecule has 2 aromatic rings. The van der Waals surface area contributed by atoms with Crippen LogP contribution in [0.15, 0.2) is 30.4 Å². The van der Waals surface area contributed by atoms with E-state index in [2.05, 4.69) is 25.3 Å². The molecule has 3 fully saturated rings. The van der Waals surface area contributed by atoms with Gasteiger partial charge >= 0.3 is 18.4 Å². The van der Waals surface area contributed by atoms with Gasteiger partial charge in [-0.1, -0.05) is 26.0 Å². The minimum absolute atomic E-state index is 0.0309. The summed E-state index contributed by atoms with van der Waals surface area (Å²) >= 11 is 0. The number of benzene rings is 1. The van der Waals surface area contributed by atoms with Crippen LogP contribution in [0, 0.1) is 17.8 Å². The summed E-state index contributed by atoms with van der Waals surface area (Å²) in [6.07, 6.45) is -8.40. The third-order valence-electron chi connectivity index (χ3n) is 12.0. The smallest absolute Gasteiger partial charge is 0.438 e. The molecule has 0 bridgehead atoms. The summed E-state index contributed by atoms with van der Waals surface area (Å²) in [4.78, 5) is 65.0. The van der Waals surface area contributed by atoms with Gasteiger partial charge in [0.25, 0.3) is 5.91 Å². The van der Waals surface area contributed by atoms with Crippen LogP contribution < -0.4 is 24.8 Å². The van der Waals surface area contributed by atoms with E-state index < -0.39 is 117 Å². The fourth-order valence-corrected chi connectivity index (χ4v) is 9.05. The number of nitrogens with zero attached hydrogens (tertiary/aromatic N) is 3. The second kappa shape index (κ2) is 16.7. The molecular formula is C40H50F6N6O9S. The maximum atomic E-state index is 14.7. The Kier molecular flexibility index (Phi) is 12.5. The number of carbonyl (C=O) groups excluding carboxylic acids is 4. The Morgan fingerprint density at radius 3 is 2.35 bits per heavy atom. The molecule has 1 aromatic heterocycles. The first-order chi connectivity index (χ1) is 28.7. The molecule has 1 aromatic carbocycles. The molecule has 0 spiro atoms. The van der Waals surface area contributed by atoms with Crippen molar-refractivity contribution in [3.63, 3.8) is 0 Å². The van der Waals surface area contributed by atoms with Crippen LogP contribution in [0.2, 0.25) is 0 Å². The van der Waals surface area contributed by atoms with Crippen molar-refractivity contribution < 1.29 is 68.1 Å². The molecule has 2 aliphatic carbocycles.